The molecule has 0 saturated carbocycles. The summed E-state index contributed by atoms with van der Waals surface area (Å²) in [5.41, 5.74) is 15.7. The lowest BCUT2D eigenvalue weighted by molar-refractivity contribution is 0.672. The molecule has 2 heterocycles. The van der Waals surface area contributed by atoms with Crippen LogP contribution in [0.15, 0.2) is 235 Å². The lowest BCUT2D eigenvalue weighted by Crippen LogP contribution is -2.11. The van der Waals surface area contributed by atoms with E-state index in [2.05, 4.69) is 234 Å². The molecule has 0 aliphatic carbocycles. The maximum absolute atomic E-state index is 6.55. The number of hydrogen-bond donors (Lipinski definition) is 0. The third-order valence-corrected chi connectivity index (χ3v) is 12.2. The van der Waals surface area contributed by atoms with E-state index in [9.17, 15) is 0 Å². The highest BCUT2D eigenvalue weighted by atomic mass is 16.3. The first-order valence-corrected chi connectivity index (χ1v) is 20.8. The van der Waals surface area contributed by atoms with Crippen LogP contribution in [0.2, 0.25) is 0 Å². The highest BCUT2D eigenvalue weighted by Crippen LogP contribution is 2.44. The first-order valence-electron chi connectivity index (χ1n) is 20.8. The van der Waals surface area contributed by atoms with E-state index in [0.717, 1.165) is 66.6 Å². The third-order valence-electron chi connectivity index (χ3n) is 12.2. The molecule has 0 amide bonds. The molecule has 0 atom stereocenters. The van der Waals surface area contributed by atoms with Crippen molar-refractivity contribution < 1.29 is 4.42 Å². The molecule has 286 valence electrons. The summed E-state index contributed by atoms with van der Waals surface area (Å²) in [6.45, 7) is 0. The number of anilines is 3. The molecule has 0 radical (unpaired) electrons. The zero-order chi connectivity index (χ0) is 40.3. The molecule has 2 aromatic heterocycles. The number of furan rings is 1. The van der Waals surface area contributed by atoms with E-state index < -0.39 is 0 Å². The van der Waals surface area contributed by atoms with Crippen molar-refractivity contribution in [1.29, 1.82) is 0 Å². The molecule has 0 bridgehead atoms. The van der Waals surface area contributed by atoms with E-state index in [-0.39, 0.29) is 0 Å². The smallest absolute Gasteiger partial charge is 0.143 e. The van der Waals surface area contributed by atoms with E-state index in [4.69, 9.17) is 4.42 Å². The van der Waals surface area contributed by atoms with Gasteiger partial charge in [0, 0.05) is 49.6 Å². The largest absolute Gasteiger partial charge is 0.455 e. The van der Waals surface area contributed by atoms with Crippen molar-refractivity contribution in [2.45, 2.75) is 0 Å². The Bertz CT molecular complexity index is 3580. The van der Waals surface area contributed by atoms with Crippen LogP contribution in [0, 0.1) is 0 Å². The molecular formula is C58H38N2O. The Morgan fingerprint density at radius 1 is 0.344 bits per heavy atom. The van der Waals surface area contributed by atoms with Gasteiger partial charge in [0.2, 0.25) is 0 Å². The Hall–Kier alpha value is -8.14. The average Bonchev–Trinajstić information content (AvgIpc) is 3.89. The lowest BCUT2D eigenvalue weighted by atomic mass is 9.97. The Balaban J connectivity index is 0.959. The molecule has 0 spiro atoms. The Kier molecular flexibility index (Phi) is 8.17. The minimum atomic E-state index is 0.901. The highest BCUT2D eigenvalue weighted by Gasteiger charge is 2.20. The number of aromatic nitrogens is 1. The summed E-state index contributed by atoms with van der Waals surface area (Å²) in [6.07, 6.45) is 0. The van der Waals surface area contributed by atoms with Crippen molar-refractivity contribution in [3.05, 3.63) is 231 Å². The van der Waals surface area contributed by atoms with Crippen LogP contribution in [0.1, 0.15) is 0 Å². The van der Waals surface area contributed by atoms with E-state index in [1.807, 2.05) is 6.07 Å². The van der Waals surface area contributed by atoms with E-state index in [0.29, 0.717) is 0 Å². The second kappa shape index (κ2) is 14.3. The van der Waals surface area contributed by atoms with E-state index in [1.54, 1.807) is 0 Å². The molecular weight excluding hydrogens is 741 g/mol. The minimum Gasteiger partial charge on any atom is -0.455 e. The predicted octanol–water partition coefficient (Wildman–Crippen LogP) is 16.3. The Morgan fingerprint density at radius 2 is 0.967 bits per heavy atom. The number of hydrogen-bond acceptors (Lipinski definition) is 2. The minimum absolute atomic E-state index is 0.901. The van der Waals surface area contributed by atoms with Gasteiger partial charge in [-0.3, -0.25) is 0 Å². The number of benzene rings is 10. The number of nitrogens with zero attached hydrogens (tertiary/aromatic N) is 2. The van der Waals surface area contributed by atoms with Crippen LogP contribution in [-0.2, 0) is 0 Å². The van der Waals surface area contributed by atoms with Gasteiger partial charge in [0.25, 0.3) is 0 Å². The van der Waals surface area contributed by atoms with Gasteiger partial charge >= 0.3 is 0 Å². The molecule has 0 unspecified atom stereocenters. The van der Waals surface area contributed by atoms with Crippen LogP contribution in [0.5, 0.6) is 0 Å². The van der Waals surface area contributed by atoms with E-state index in [1.165, 1.54) is 44.1 Å². The molecule has 3 heteroatoms. The second-order valence-corrected chi connectivity index (χ2v) is 15.7. The summed E-state index contributed by atoms with van der Waals surface area (Å²) in [5.74, 6) is 0. The van der Waals surface area contributed by atoms with Gasteiger partial charge in [0.05, 0.1) is 16.7 Å². The van der Waals surface area contributed by atoms with Crippen LogP contribution >= 0.6 is 0 Å². The highest BCUT2D eigenvalue weighted by molar-refractivity contribution is 6.16. The standard InChI is InChI=1S/C58H38N2O/c1-3-14-40(15-4-1)48-20-7-10-23-54(48)59(47-33-28-41-29-34-51-50-22-9-12-25-57(50)61-58(51)52(41)38-47)46-31-26-39(27-32-46)42-16-13-17-43(36-42)44-30-35-56-53(37-44)49-21-8-11-24-55(49)60(56)45-18-5-2-6-19-45/h1-38H. The maximum Gasteiger partial charge on any atom is 0.143 e. The Labute approximate surface area is 353 Å². The van der Waals surface area contributed by atoms with Gasteiger partial charge in [-0.2, -0.15) is 0 Å². The molecule has 10 aromatic carbocycles. The van der Waals surface area contributed by atoms with Gasteiger partial charge in [0.15, 0.2) is 0 Å². The van der Waals surface area contributed by atoms with Crippen LogP contribution in [-0.4, -0.2) is 4.57 Å². The van der Waals surface area contributed by atoms with Crippen LogP contribution in [0.25, 0.3) is 93.6 Å². The molecule has 0 aliphatic heterocycles. The zero-order valence-corrected chi connectivity index (χ0v) is 33.2. The van der Waals surface area contributed by atoms with Crippen molar-refractivity contribution in [3.8, 4) is 39.1 Å². The predicted molar refractivity (Wildman–Crippen MR) is 257 cm³/mol. The average molecular weight is 779 g/mol. The summed E-state index contributed by atoms with van der Waals surface area (Å²) in [6, 6.07) is 82.9. The number of fused-ring (bicyclic) bond motifs is 8. The topological polar surface area (TPSA) is 21.3 Å². The molecule has 3 nitrogen and oxygen atoms in total. The molecule has 0 saturated heterocycles. The van der Waals surface area contributed by atoms with Crippen molar-refractivity contribution in [2.75, 3.05) is 4.90 Å². The van der Waals surface area contributed by atoms with Crippen molar-refractivity contribution in [1.82, 2.24) is 4.57 Å². The fourth-order valence-electron chi connectivity index (χ4n) is 9.28. The van der Waals surface area contributed by atoms with Gasteiger partial charge < -0.3 is 13.9 Å². The summed E-state index contributed by atoms with van der Waals surface area (Å²) < 4.78 is 8.92. The van der Waals surface area contributed by atoms with Gasteiger partial charge in [-0.1, -0.05) is 152 Å². The van der Waals surface area contributed by atoms with Crippen molar-refractivity contribution in [3.63, 3.8) is 0 Å². The Morgan fingerprint density at radius 3 is 1.82 bits per heavy atom. The molecule has 0 fully saturated rings. The SMILES string of the molecule is c1ccc(-c2ccccc2N(c2ccc(-c3cccc(-c4ccc5c(c4)c4ccccc4n5-c4ccccc4)c3)cc2)c2ccc3ccc4c5ccccc5oc4c3c2)cc1. The molecule has 0 aliphatic rings. The third kappa shape index (κ3) is 5.90. The van der Waals surface area contributed by atoms with Crippen molar-refractivity contribution >= 4 is 71.6 Å². The zero-order valence-electron chi connectivity index (χ0n) is 33.2. The molecule has 61 heavy (non-hydrogen) atoms. The van der Waals surface area contributed by atoms with Gasteiger partial charge in [-0.15, -0.1) is 0 Å². The maximum atomic E-state index is 6.55. The van der Waals surface area contributed by atoms with Crippen molar-refractivity contribution in [2.24, 2.45) is 0 Å². The quantitative estimate of drug-likeness (QED) is 0.161. The van der Waals surface area contributed by atoms with E-state index >= 15 is 0 Å². The number of rotatable bonds is 7. The van der Waals surface area contributed by atoms with Gasteiger partial charge in [0.1, 0.15) is 11.2 Å². The van der Waals surface area contributed by atoms with Gasteiger partial charge in [-0.25, -0.2) is 0 Å². The summed E-state index contributed by atoms with van der Waals surface area (Å²) in [4.78, 5) is 2.38. The fourth-order valence-corrected chi connectivity index (χ4v) is 9.28. The summed E-state index contributed by atoms with van der Waals surface area (Å²) in [5, 5.41) is 6.99. The van der Waals surface area contributed by atoms with Crippen LogP contribution in [0.4, 0.5) is 17.1 Å². The summed E-state index contributed by atoms with van der Waals surface area (Å²) in [7, 11) is 0. The number of para-hydroxylation sites is 4. The molecule has 12 rings (SSSR count). The second-order valence-electron chi connectivity index (χ2n) is 15.7. The first-order chi connectivity index (χ1) is 30.2. The molecule has 0 N–H and O–H groups in total. The fraction of sp³-hybridized carbons (Fsp3) is 0. The van der Waals surface area contributed by atoms with Gasteiger partial charge in [-0.05, 0) is 112 Å². The normalized spacial score (nSPS) is 11.6. The first kappa shape index (κ1) is 34.9. The molecule has 12 aromatic rings. The summed E-state index contributed by atoms with van der Waals surface area (Å²) >= 11 is 0. The monoisotopic (exact) mass is 778 g/mol. The van der Waals surface area contributed by atoms with Crippen LogP contribution in [0.3, 0.4) is 0 Å². The lowest BCUT2D eigenvalue weighted by Gasteiger charge is -2.28. The van der Waals surface area contributed by atoms with Crippen LogP contribution < -0.4 is 4.90 Å².